The highest BCUT2D eigenvalue weighted by atomic mass is 16.5. The fraction of sp³-hybridized carbons (Fsp3) is 0.727. The van der Waals surface area contributed by atoms with Crippen LogP contribution >= 0.6 is 0 Å². The van der Waals surface area contributed by atoms with Crippen molar-refractivity contribution in [3.05, 3.63) is 29.8 Å². The molecule has 1 rings (SSSR count). The van der Waals surface area contributed by atoms with Crippen molar-refractivity contribution in [1.82, 2.24) is 0 Å². The predicted octanol–water partition coefficient (Wildman–Crippen LogP) is 5.89. The lowest BCUT2D eigenvalue weighted by molar-refractivity contribution is 0.116. The van der Waals surface area contributed by atoms with Gasteiger partial charge in [0.2, 0.25) is 0 Å². The van der Waals surface area contributed by atoms with Crippen molar-refractivity contribution >= 4 is 0 Å². The summed E-state index contributed by atoms with van der Waals surface area (Å²) in [5.41, 5.74) is 1.21. The molecule has 25 heavy (non-hydrogen) atoms. The summed E-state index contributed by atoms with van der Waals surface area (Å²) < 4.78 is 10.9. The third-order valence-electron chi connectivity index (χ3n) is 4.62. The van der Waals surface area contributed by atoms with Gasteiger partial charge >= 0.3 is 0 Å². The Bertz CT molecular complexity index is 389. The zero-order chi connectivity index (χ0) is 18.0. The van der Waals surface area contributed by atoms with E-state index in [1.54, 1.807) is 7.11 Å². The maximum atomic E-state index is 8.72. The van der Waals surface area contributed by atoms with Crippen LogP contribution in [0.5, 0.6) is 5.75 Å². The minimum absolute atomic E-state index is 0.354. The van der Waals surface area contributed by atoms with Crippen LogP contribution in [0.4, 0.5) is 0 Å². The third-order valence-corrected chi connectivity index (χ3v) is 4.62. The van der Waals surface area contributed by atoms with Gasteiger partial charge in [-0.2, -0.15) is 0 Å². The van der Waals surface area contributed by atoms with E-state index in [9.17, 15) is 0 Å². The maximum absolute atomic E-state index is 8.72. The largest absolute Gasteiger partial charge is 0.497 e. The molecule has 0 atom stereocenters. The Kier molecular flexibility index (Phi) is 14.4. The molecule has 144 valence electrons. The lowest BCUT2D eigenvalue weighted by atomic mass is 10.1. The van der Waals surface area contributed by atoms with Crippen molar-refractivity contribution < 1.29 is 14.6 Å². The molecule has 0 aromatic heterocycles. The standard InChI is InChI=1S/C22H38O3/c1-24-22-16-14-21(15-17-22)20-25-19-13-11-9-7-5-3-2-4-6-8-10-12-18-23/h14-17,23H,2-13,18-20H2,1H3. The summed E-state index contributed by atoms with van der Waals surface area (Å²) in [6, 6.07) is 8.08. The molecule has 0 spiro atoms. The fourth-order valence-corrected chi connectivity index (χ4v) is 3.00. The second kappa shape index (κ2) is 16.4. The number of hydrogen-bond donors (Lipinski definition) is 1. The highest BCUT2D eigenvalue weighted by Gasteiger charge is 1.96. The SMILES string of the molecule is COc1ccc(COCCCCCCCCCCCCCCO)cc1. The number of aliphatic hydroxyl groups excluding tert-OH is 1. The van der Waals surface area contributed by atoms with E-state index in [2.05, 4.69) is 12.1 Å². The molecular weight excluding hydrogens is 312 g/mol. The van der Waals surface area contributed by atoms with Gasteiger partial charge < -0.3 is 14.6 Å². The van der Waals surface area contributed by atoms with Gasteiger partial charge in [0.05, 0.1) is 13.7 Å². The summed E-state index contributed by atoms with van der Waals surface area (Å²) in [5.74, 6) is 0.894. The molecule has 0 unspecified atom stereocenters. The number of rotatable bonds is 17. The van der Waals surface area contributed by atoms with E-state index in [0.717, 1.165) is 18.8 Å². The maximum Gasteiger partial charge on any atom is 0.118 e. The van der Waals surface area contributed by atoms with E-state index in [1.807, 2.05) is 12.1 Å². The lowest BCUT2D eigenvalue weighted by Crippen LogP contribution is -1.96. The molecule has 0 saturated carbocycles. The molecule has 1 N–H and O–H groups in total. The van der Waals surface area contributed by atoms with Gasteiger partial charge in [-0.25, -0.2) is 0 Å². The van der Waals surface area contributed by atoms with Crippen LogP contribution in [0.3, 0.4) is 0 Å². The summed E-state index contributed by atoms with van der Waals surface area (Å²) >= 11 is 0. The van der Waals surface area contributed by atoms with Crippen LogP contribution in [0.25, 0.3) is 0 Å². The molecule has 0 fully saturated rings. The predicted molar refractivity (Wildman–Crippen MR) is 105 cm³/mol. The van der Waals surface area contributed by atoms with Crippen molar-refractivity contribution in [3.63, 3.8) is 0 Å². The monoisotopic (exact) mass is 350 g/mol. The molecule has 3 heteroatoms. The first kappa shape index (κ1) is 22.0. The summed E-state index contributed by atoms with van der Waals surface area (Å²) in [4.78, 5) is 0. The van der Waals surface area contributed by atoms with Crippen molar-refractivity contribution in [3.8, 4) is 5.75 Å². The smallest absolute Gasteiger partial charge is 0.118 e. The van der Waals surface area contributed by atoms with Crippen LogP contribution in [0.2, 0.25) is 0 Å². The molecule has 1 aromatic rings. The topological polar surface area (TPSA) is 38.7 Å². The van der Waals surface area contributed by atoms with Crippen LogP contribution in [-0.4, -0.2) is 25.4 Å². The summed E-state index contributed by atoms with van der Waals surface area (Å²) in [5, 5.41) is 8.72. The second-order valence-corrected chi connectivity index (χ2v) is 6.87. The Hall–Kier alpha value is -1.06. The average molecular weight is 351 g/mol. The molecule has 1 aromatic carbocycles. The van der Waals surface area contributed by atoms with Crippen molar-refractivity contribution in [1.29, 1.82) is 0 Å². The minimum Gasteiger partial charge on any atom is -0.497 e. The molecule has 0 heterocycles. The Morgan fingerprint density at radius 1 is 0.680 bits per heavy atom. The Morgan fingerprint density at radius 3 is 1.64 bits per heavy atom. The summed E-state index contributed by atoms with van der Waals surface area (Å²) in [7, 11) is 1.69. The number of unbranched alkanes of at least 4 members (excludes halogenated alkanes) is 11. The van der Waals surface area contributed by atoms with Crippen LogP contribution in [0.15, 0.2) is 24.3 Å². The van der Waals surface area contributed by atoms with Crippen LogP contribution in [0.1, 0.15) is 82.6 Å². The minimum atomic E-state index is 0.354. The van der Waals surface area contributed by atoms with Gasteiger partial charge in [-0.1, -0.05) is 76.3 Å². The van der Waals surface area contributed by atoms with Crippen LogP contribution < -0.4 is 4.74 Å². The van der Waals surface area contributed by atoms with Crippen molar-refractivity contribution in [2.24, 2.45) is 0 Å². The van der Waals surface area contributed by atoms with Gasteiger partial charge in [-0.3, -0.25) is 0 Å². The number of aliphatic hydroxyl groups is 1. The lowest BCUT2D eigenvalue weighted by Gasteiger charge is -2.06. The van der Waals surface area contributed by atoms with E-state index in [4.69, 9.17) is 14.6 Å². The zero-order valence-corrected chi connectivity index (χ0v) is 16.2. The van der Waals surface area contributed by atoms with E-state index in [1.165, 1.54) is 76.2 Å². The molecule has 0 amide bonds. The van der Waals surface area contributed by atoms with Gasteiger partial charge in [0.1, 0.15) is 5.75 Å². The van der Waals surface area contributed by atoms with E-state index < -0.39 is 0 Å². The molecule has 0 aliphatic heterocycles. The third kappa shape index (κ3) is 12.9. The summed E-state index contributed by atoms with van der Waals surface area (Å²) in [6.45, 7) is 1.91. The average Bonchev–Trinajstić information content (AvgIpc) is 2.65. The number of hydrogen-bond acceptors (Lipinski definition) is 3. The molecule has 0 saturated heterocycles. The first-order chi connectivity index (χ1) is 12.4. The molecule has 0 radical (unpaired) electrons. The fourth-order valence-electron chi connectivity index (χ4n) is 3.00. The molecule has 0 aliphatic rings. The van der Waals surface area contributed by atoms with Gasteiger partial charge in [-0.15, -0.1) is 0 Å². The first-order valence-corrected chi connectivity index (χ1v) is 10.2. The highest BCUT2D eigenvalue weighted by Crippen LogP contribution is 2.13. The van der Waals surface area contributed by atoms with Gasteiger partial charge in [0.25, 0.3) is 0 Å². The molecule has 3 nitrogen and oxygen atoms in total. The van der Waals surface area contributed by atoms with E-state index >= 15 is 0 Å². The highest BCUT2D eigenvalue weighted by molar-refractivity contribution is 5.26. The van der Waals surface area contributed by atoms with Crippen molar-refractivity contribution in [2.45, 2.75) is 83.7 Å². The molecule has 0 aliphatic carbocycles. The molecule has 0 bridgehead atoms. The quantitative estimate of drug-likeness (QED) is 0.356. The molecular formula is C22H38O3. The van der Waals surface area contributed by atoms with Gasteiger partial charge in [0.15, 0.2) is 0 Å². The normalized spacial score (nSPS) is 11.0. The Balaban J connectivity index is 1.78. The van der Waals surface area contributed by atoms with E-state index in [0.29, 0.717) is 13.2 Å². The number of ether oxygens (including phenoxy) is 2. The Morgan fingerprint density at radius 2 is 1.16 bits per heavy atom. The van der Waals surface area contributed by atoms with Crippen LogP contribution in [0, 0.1) is 0 Å². The number of benzene rings is 1. The summed E-state index contributed by atoms with van der Waals surface area (Å²) in [6.07, 6.45) is 15.5. The van der Waals surface area contributed by atoms with Crippen molar-refractivity contribution in [2.75, 3.05) is 20.3 Å². The zero-order valence-electron chi connectivity index (χ0n) is 16.2. The van der Waals surface area contributed by atoms with Gasteiger partial charge in [-0.05, 0) is 30.5 Å². The van der Waals surface area contributed by atoms with E-state index in [-0.39, 0.29) is 0 Å². The number of methoxy groups -OCH3 is 1. The first-order valence-electron chi connectivity index (χ1n) is 10.2. The van der Waals surface area contributed by atoms with Gasteiger partial charge in [0, 0.05) is 13.2 Å². The Labute approximate surface area is 154 Å². The van der Waals surface area contributed by atoms with Crippen LogP contribution in [-0.2, 0) is 11.3 Å². The second-order valence-electron chi connectivity index (χ2n) is 6.87.